The van der Waals surface area contributed by atoms with Crippen LogP contribution in [0.1, 0.15) is 24.0 Å². The summed E-state index contributed by atoms with van der Waals surface area (Å²) in [6.07, 6.45) is 0. The number of benzene rings is 1. The number of nitrogens with one attached hydrogen (secondary N) is 1. The van der Waals surface area contributed by atoms with Gasteiger partial charge in [0.2, 0.25) is 0 Å². The lowest BCUT2D eigenvalue weighted by atomic mass is 10.0. The zero-order valence-corrected chi connectivity index (χ0v) is 11.5. The summed E-state index contributed by atoms with van der Waals surface area (Å²) in [6.45, 7) is 6.44. The minimum absolute atomic E-state index is 0.539. The Morgan fingerprint density at radius 1 is 1.56 bits per heavy atom. The van der Waals surface area contributed by atoms with Crippen molar-refractivity contribution in [1.29, 1.82) is 0 Å². The van der Waals surface area contributed by atoms with Gasteiger partial charge in [0.05, 0.1) is 5.02 Å². The van der Waals surface area contributed by atoms with E-state index in [0.29, 0.717) is 5.92 Å². The SMILES string of the molecule is CC1CN2CCNCc3cc(Br)c(Cl)c1c32. The Balaban J connectivity index is 2.26. The largest absolute Gasteiger partial charge is 0.369 e. The summed E-state index contributed by atoms with van der Waals surface area (Å²) in [6, 6.07) is 2.16. The zero-order chi connectivity index (χ0) is 11.3. The van der Waals surface area contributed by atoms with E-state index in [1.807, 2.05) is 0 Å². The molecule has 0 bridgehead atoms. The van der Waals surface area contributed by atoms with Crippen molar-refractivity contribution in [2.75, 3.05) is 24.5 Å². The lowest BCUT2D eigenvalue weighted by Gasteiger charge is -2.19. The van der Waals surface area contributed by atoms with Gasteiger partial charge in [-0.05, 0) is 27.6 Å². The number of rotatable bonds is 0. The second kappa shape index (κ2) is 3.90. The first-order valence-corrected chi connectivity index (χ1v) is 6.82. The number of hydrogen-bond donors (Lipinski definition) is 1. The van der Waals surface area contributed by atoms with Crippen molar-refractivity contribution in [2.24, 2.45) is 0 Å². The van der Waals surface area contributed by atoms with Crippen LogP contribution in [0.15, 0.2) is 10.5 Å². The van der Waals surface area contributed by atoms with Crippen LogP contribution in [0.2, 0.25) is 5.02 Å². The van der Waals surface area contributed by atoms with Crippen LogP contribution in [-0.4, -0.2) is 19.6 Å². The molecule has 2 aliphatic heterocycles. The summed E-state index contributed by atoms with van der Waals surface area (Å²) < 4.78 is 1.03. The van der Waals surface area contributed by atoms with Gasteiger partial charge in [-0.2, -0.15) is 0 Å². The van der Waals surface area contributed by atoms with E-state index in [4.69, 9.17) is 11.6 Å². The molecule has 3 rings (SSSR count). The molecule has 2 nitrogen and oxygen atoms in total. The molecule has 0 amide bonds. The predicted molar refractivity (Wildman–Crippen MR) is 71.5 cm³/mol. The molecule has 0 saturated carbocycles. The zero-order valence-electron chi connectivity index (χ0n) is 9.19. The van der Waals surface area contributed by atoms with E-state index in [9.17, 15) is 0 Å². The molecule has 0 radical (unpaired) electrons. The molecule has 1 N–H and O–H groups in total. The molecule has 0 saturated heterocycles. The van der Waals surface area contributed by atoms with E-state index < -0.39 is 0 Å². The van der Waals surface area contributed by atoms with E-state index in [1.165, 1.54) is 16.8 Å². The molecule has 0 aromatic heterocycles. The first-order chi connectivity index (χ1) is 7.68. The molecule has 2 aliphatic rings. The Morgan fingerprint density at radius 2 is 2.38 bits per heavy atom. The van der Waals surface area contributed by atoms with Crippen molar-refractivity contribution in [1.82, 2.24) is 5.32 Å². The first-order valence-electron chi connectivity index (χ1n) is 5.65. The predicted octanol–water partition coefficient (Wildman–Crippen LogP) is 3.13. The summed E-state index contributed by atoms with van der Waals surface area (Å²) in [7, 11) is 0. The monoisotopic (exact) mass is 300 g/mol. The summed E-state index contributed by atoms with van der Waals surface area (Å²) in [5.74, 6) is 0.539. The van der Waals surface area contributed by atoms with E-state index in [0.717, 1.165) is 35.7 Å². The fraction of sp³-hybridized carbons (Fsp3) is 0.500. The van der Waals surface area contributed by atoms with Crippen LogP contribution in [-0.2, 0) is 6.54 Å². The lowest BCUT2D eigenvalue weighted by Crippen LogP contribution is -2.27. The van der Waals surface area contributed by atoms with E-state index in [2.05, 4.69) is 39.1 Å². The van der Waals surface area contributed by atoms with E-state index in [1.54, 1.807) is 0 Å². The maximum atomic E-state index is 6.41. The molecule has 0 spiro atoms. The van der Waals surface area contributed by atoms with Crippen molar-refractivity contribution >= 4 is 33.2 Å². The minimum Gasteiger partial charge on any atom is -0.369 e. The maximum absolute atomic E-state index is 6.41. The van der Waals surface area contributed by atoms with Crippen molar-refractivity contribution in [3.8, 4) is 0 Å². The molecule has 1 atom stereocenters. The Hall–Kier alpha value is -0.250. The highest BCUT2D eigenvalue weighted by molar-refractivity contribution is 9.10. The third kappa shape index (κ3) is 1.49. The molecular formula is C12H14BrClN2. The average molecular weight is 302 g/mol. The summed E-state index contributed by atoms with van der Waals surface area (Å²) in [4.78, 5) is 2.47. The van der Waals surface area contributed by atoms with Gasteiger partial charge in [0.25, 0.3) is 0 Å². The van der Waals surface area contributed by atoms with Gasteiger partial charge in [0, 0.05) is 47.8 Å². The van der Waals surface area contributed by atoms with Crippen molar-refractivity contribution in [3.05, 3.63) is 26.7 Å². The fourth-order valence-electron chi connectivity index (χ4n) is 2.80. The molecule has 1 aromatic carbocycles. The summed E-state index contributed by atoms with van der Waals surface area (Å²) in [5.41, 5.74) is 4.08. The third-order valence-electron chi connectivity index (χ3n) is 3.48. The van der Waals surface area contributed by atoms with Crippen LogP contribution < -0.4 is 10.2 Å². The maximum Gasteiger partial charge on any atom is 0.0604 e. The molecule has 0 fully saturated rings. The first kappa shape index (κ1) is 10.9. The van der Waals surface area contributed by atoms with Crippen LogP contribution in [0.5, 0.6) is 0 Å². The third-order valence-corrected chi connectivity index (χ3v) is 4.74. The van der Waals surface area contributed by atoms with Gasteiger partial charge in [0.15, 0.2) is 0 Å². The molecular weight excluding hydrogens is 288 g/mol. The Morgan fingerprint density at radius 3 is 3.19 bits per heavy atom. The fourth-order valence-corrected chi connectivity index (χ4v) is 3.62. The van der Waals surface area contributed by atoms with Gasteiger partial charge in [-0.1, -0.05) is 18.5 Å². The topological polar surface area (TPSA) is 15.3 Å². The molecule has 1 aromatic rings. The van der Waals surface area contributed by atoms with Crippen LogP contribution >= 0.6 is 27.5 Å². The van der Waals surface area contributed by atoms with Crippen molar-refractivity contribution in [2.45, 2.75) is 19.4 Å². The molecule has 2 heterocycles. The quantitative estimate of drug-likeness (QED) is 0.792. The Kier molecular flexibility index (Phi) is 2.65. The normalized spacial score (nSPS) is 23.2. The molecule has 16 heavy (non-hydrogen) atoms. The van der Waals surface area contributed by atoms with Crippen LogP contribution in [0.25, 0.3) is 0 Å². The van der Waals surface area contributed by atoms with Crippen LogP contribution in [0.3, 0.4) is 0 Å². The number of nitrogens with zero attached hydrogens (tertiary/aromatic N) is 1. The molecule has 4 heteroatoms. The number of hydrogen-bond acceptors (Lipinski definition) is 2. The van der Waals surface area contributed by atoms with E-state index >= 15 is 0 Å². The summed E-state index contributed by atoms with van der Waals surface area (Å²) >= 11 is 9.97. The second-order valence-electron chi connectivity index (χ2n) is 4.62. The smallest absolute Gasteiger partial charge is 0.0604 e. The number of anilines is 1. The van der Waals surface area contributed by atoms with E-state index in [-0.39, 0.29) is 0 Å². The van der Waals surface area contributed by atoms with Crippen LogP contribution in [0, 0.1) is 0 Å². The molecule has 0 aliphatic carbocycles. The average Bonchev–Trinajstić information content (AvgIpc) is 2.45. The molecule has 86 valence electrons. The standard InChI is InChI=1S/C12H14BrClN2/c1-7-6-16-3-2-15-5-8-4-9(13)11(14)10(7)12(8)16/h4,7,15H,2-3,5-6H2,1H3. The van der Waals surface area contributed by atoms with Gasteiger partial charge >= 0.3 is 0 Å². The number of halogens is 2. The lowest BCUT2D eigenvalue weighted by molar-refractivity contribution is 0.674. The van der Waals surface area contributed by atoms with Gasteiger partial charge in [0.1, 0.15) is 0 Å². The minimum atomic E-state index is 0.539. The second-order valence-corrected chi connectivity index (χ2v) is 5.85. The molecule has 1 unspecified atom stereocenters. The Labute approximate surface area is 109 Å². The highest BCUT2D eigenvalue weighted by Crippen LogP contribution is 2.46. The van der Waals surface area contributed by atoms with Crippen molar-refractivity contribution < 1.29 is 0 Å². The van der Waals surface area contributed by atoms with Gasteiger partial charge in [-0.25, -0.2) is 0 Å². The summed E-state index contributed by atoms with van der Waals surface area (Å²) in [5, 5.41) is 4.35. The van der Waals surface area contributed by atoms with Gasteiger partial charge in [-0.15, -0.1) is 0 Å². The Bertz CT molecular complexity index is 447. The highest BCUT2D eigenvalue weighted by atomic mass is 79.9. The van der Waals surface area contributed by atoms with Crippen LogP contribution in [0.4, 0.5) is 5.69 Å². The van der Waals surface area contributed by atoms with Gasteiger partial charge in [-0.3, -0.25) is 0 Å². The van der Waals surface area contributed by atoms with Gasteiger partial charge < -0.3 is 10.2 Å². The highest BCUT2D eigenvalue weighted by Gasteiger charge is 2.32. The van der Waals surface area contributed by atoms with Crippen molar-refractivity contribution in [3.63, 3.8) is 0 Å².